The minimum atomic E-state index is -0.561. The lowest BCUT2D eigenvalue weighted by molar-refractivity contribution is -0.384. The SMILES string of the molecule is COc1cc(NC(=S)NC(=O)c2ccc(N3CCCC3)c([N+](=O)[O-])c2)ccc1-c1ccc(CO)o1. The van der Waals surface area contributed by atoms with E-state index in [2.05, 4.69) is 10.6 Å². The normalized spacial score (nSPS) is 12.9. The molecule has 0 saturated carbocycles. The van der Waals surface area contributed by atoms with Gasteiger partial charge in [0.05, 0.1) is 17.6 Å². The molecule has 1 fully saturated rings. The van der Waals surface area contributed by atoms with Gasteiger partial charge in [-0.1, -0.05) is 0 Å². The lowest BCUT2D eigenvalue weighted by Crippen LogP contribution is -2.34. The van der Waals surface area contributed by atoms with E-state index in [0.717, 1.165) is 25.9 Å². The zero-order chi connectivity index (χ0) is 24.9. The highest BCUT2D eigenvalue weighted by atomic mass is 32.1. The molecule has 0 bridgehead atoms. The number of ether oxygens (including phenoxy) is 1. The van der Waals surface area contributed by atoms with Crippen LogP contribution in [0.15, 0.2) is 52.9 Å². The molecule has 1 aliphatic heterocycles. The number of anilines is 2. The Morgan fingerprint density at radius 1 is 1.20 bits per heavy atom. The van der Waals surface area contributed by atoms with Crippen molar-refractivity contribution in [2.24, 2.45) is 0 Å². The van der Waals surface area contributed by atoms with Crippen LogP contribution < -0.4 is 20.3 Å². The average molecular weight is 497 g/mol. The van der Waals surface area contributed by atoms with Crippen LogP contribution in [0.25, 0.3) is 11.3 Å². The van der Waals surface area contributed by atoms with Gasteiger partial charge in [-0.3, -0.25) is 20.2 Å². The van der Waals surface area contributed by atoms with Crippen LogP contribution in [0.1, 0.15) is 29.0 Å². The Kier molecular flexibility index (Phi) is 7.28. The maximum absolute atomic E-state index is 12.7. The van der Waals surface area contributed by atoms with Crippen LogP contribution in [0.4, 0.5) is 17.1 Å². The topological polar surface area (TPSA) is 130 Å². The third-order valence-corrected chi connectivity index (χ3v) is 5.85. The molecule has 2 heterocycles. The quantitative estimate of drug-likeness (QED) is 0.252. The van der Waals surface area contributed by atoms with Crippen LogP contribution >= 0.6 is 12.2 Å². The summed E-state index contributed by atoms with van der Waals surface area (Å²) in [4.78, 5) is 25.8. The van der Waals surface area contributed by atoms with E-state index in [-0.39, 0.29) is 23.0 Å². The van der Waals surface area contributed by atoms with Crippen molar-refractivity contribution in [1.82, 2.24) is 5.32 Å². The van der Waals surface area contributed by atoms with E-state index >= 15 is 0 Å². The van der Waals surface area contributed by atoms with Gasteiger partial charge in [0.15, 0.2) is 5.11 Å². The number of nitro groups is 1. The molecular formula is C24H24N4O6S. The van der Waals surface area contributed by atoms with Gasteiger partial charge in [-0.05, 0) is 61.5 Å². The van der Waals surface area contributed by atoms with Crippen LogP contribution in [0, 0.1) is 10.1 Å². The fraction of sp³-hybridized carbons (Fsp3) is 0.250. The minimum Gasteiger partial charge on any atom is -0.496 e. The zero-order valence-corrected chi connectivity index (χ0v) is 19.8. The number of aliphatic hydroxyl groups is 1. The number of nitro benzene ring substituents is 1. The Labute approximate surface area is 206 Å². The number of nitrogens with zero attached hydrogens (tertiary/aromatic N) is 2. The highest BCUT2D eigenvalue weighted by molar-refractivity contribution is 7.80. The lowest BCUT2D eigenvalue weighted by atomic mass is 10.1. The molecule has 1 amide bonds. The maximum atomic E-state index is 12.7. The Morgan fingerprint density at radius 3 is 2.63 bits per heavy atom. The van der Waals surface area contributed by atoms with Crippen LogP contribution in [-0.4, -0.2) is 41.2 Å². The molecule has 3 N–H and O–H groups in total. The number of aliphatic hydroxyl groups excluding tert-OH is 1. The third kappa shape index (κ3) is 5.42. The monoisotopic (exact) mass is 496 g/mol. The molecular weight excluding hydrogens is 472 g/mol. The molecule has 1 aromatic heterocycles. The van der Waals surface area contributed by atoms with Crippen molar-refractivity contribution < 1.29 is 24.0 Å². The number of amides is 1. The van der Waals surface area contributed by atoms with Gasteiger partial charge in [0.2, 0.25) is 0 Å². The molecule has 2 aromatic carbocycles. The lowest BCUT2D eigenvalue weighted by Gasteiger charge is -2.18. The maximum Gasteiger partial charge on any atom is 0.293 e. The van der Waals surface area contributed by atoms with Crippen molar-refractivity contribution in [2.45, 2.75) is 19.4 Å². The predicted octanol–water partition coefficient (Wildman–Crippen LogP) is 4.08. The highest BCUT2D eigenvalue weighted by Crippen LogP contribution is 2.34. The smallest absolute Gasteiger partial charge is 0.293 e. The number of methoxy groups -OCH3 is 1. The number of furan rings is 1. The fourth-order valence-electron chi connectivity index (χ4n) is 3.95. The van der Waals surface area contributed by atoms with E-state index in [1.165, 1.54) is 13.2 Å². The van der Waals surface area contributed by atoms with Gasteiger partial charge in [-0.2, -0.15) is 0 Å². The van der Waals surface area contributed by atoms with Crippen LogP contribution in [-0.2, 0) is 6.61 Å². The molecule has 4 rings (SSSR count). The first-order chi connectivity index (χ1) is 16.9. The largest absolute Gasteiger partial charge is 0.496 e. The molecule has 3 aromatic rings. The molecule has 0 atom stereocenters. The molecule has 182 valence electrons. The number of nitrogens with one attached hydrogen (secondary N) is 2. The summed E-state index contributed by atoms with van der Waals surface area (Å²) >= 11 is 5.26. The van der Waals surface area contributed by atoms with E-state index in [0.29, 0.717) is 34.2 Å². The molecule has 35 heavy (non-hydrogen) atoms. The summed E-state index contributed by atoms with van der Waals surface area (Å²) in [6.45, 7) is 1.30. The van der Waals surface area contributed by atoms with Gasteiger partial charge in [0, 0.05) is 36.5 Å². The van der Waals surface area contributed by atoms with Gasteiger partial charge >= 0.3 is 0 Å². The van der Waals surface area contributed by atoms with Crippen molar-refractivity contribution in [1.29, 1.82) is 0 Å². The first-order valence-electron chi connectivity index (χ1n) is 10.9. The molecule has 1 saturated heterocycles. The summed E-state index contributed by atoms with van der Waals surface area (Å²) in [5, 5.41) is 26.3. The first-order valence-corrected chi connectivity index (χ1v) is 11.3. The van der Waals surface area contributed by atoms with Crippen molar-refractivity contribution in [3.63, 3.8) is 0 Å². The third-order valence-electron chi connectivity index (χ3n) is 5.65. The number of thiocarbonyl (C=S) groups is 1. The highest BCUT2D eigenvalue weighted by Gasteiger charge is 2.24. The average Bonchev–Trinajstić information content (AvgIpc) is 3.56. The Hall–Kier alpha value is -3.96. The van der Waals surface area contributed by atoms with Gasteiger partial charge in [-0.25, -0.2) is 0 Å². The summed E-state index contributed by atoms with van der Waals surface area (Å²) in [5.41, 5.74) is 1.77. The van der Waals surface area contributed by atoms with Crippen molar-refractivity contribution >= 4 is 40.3 Å². The Bertz CT molecular complexity index is 1270. The van der Waals surface area contributed by atoms with Crippen molar-refractivity contribution in [2.75, 3.05) is 30.4 Å². The molecule has 0 unspecified atom stereocenters. The van der Waals surface area contributed by atoms with E-state index in [9.17, 15) is 20.0 Å². The number of carbonyl (C=O) groups is 1. The summed E-state index contributed by atoms with van der Waals surface area (Å²) in [6, 6.07) is 13.0. The predicted molar refractivity (Wildman–Crippen MR) is 135 cm³/mol. The van der Waals surface area contributed by atoms with Crippen LogP contribution in [0.2, 0.25) is 0 Å². The van der Waals surface area contributed by atoms with Crippen molar-refractivity contribution in [3.8, 4) is 17.1 Å². The fourth-order valence-corrected chi connectivity index (χ4v) is 4.16. The standard InChI is InChI=1S/C24H24N4O6S/c1-33-22-13-16(5-7-18(22)21-9-6-17(14-29)34-21)25-24(35)26-23(30)15-4-8-19(20(12-15)28(31)32)27-10-2-3-11-27/h4-9,12-13,29H,2-3,10-11,14H2,1H3,(H2,25,26,30,35). The van der Waals surface area contributed by atoms with Gasteiger partial charge < -0.3 is 24.5 Å². The van der Waals surface area contributed by atoms with Crippen LogP contribution in [0.3, 0.4) is 0 Å². The van der Waals surface area contributed by atoms with Gasteiger partial charge in [0.1, 0.15) is 29.6 Å². The summed E-state index contributed by atoms with van der Waals surface area (Å²) in [7, 11) is 1.51. The number of benzene rings is 2. The molecule has 1 aliphatic rings. The molecule has 0 spiro atoms. The van der Waals surface area contributed by atoms with Crippen molar-refractivity contribution in [3.05, 3.63) is 70.0 Å². The summed E-state index contributed by atoms with van der Waals surface area (Å²) < 4.78 is 11.0. The molecule has 0 radical (unpaired) electrons. The van der Waals surface area contributed by atoms with E-state index < -0.39 is 10.8 Å². The number of hydrogen-bond acceptors (Lipinski definition) is 8. The summed E-state index contributed by atoms with van der Waals surface area (Å²) in [5.74, 6) is 0.902. The molecule has 10 nitrogen and oxygen atoms in total. The van der Waals surface area contributed by atoms with Crippen LogP contribution in [0.5, 0.6) is 5.75 Å². The number of rotatable bonds is 7. The second-order valence-electron chi connectivity index (χ2n) is 7.90. The van der Waals surface area contributed by atoms with Gasteiger partial charge in [0.25, 0.3) is 11.6 Å². The molecule has 0 aliphatic carbocycles. The second kappa shape index (κ2) is 10.5. The summed E-state index contributed by atoms with van der Waals surface area (Å²) in [6.07, 6.45) is 1.96. The van der Waals surface area contributed by atoms with E-state index in [1.807, 2.05) is 4.90 Å². The minimum absolute atomic E-state index is 0.0247. The van der Waals surface area contributed by atoms with E-state index in [4.69, 9.17) is 21.4 Å². The van der Waals surface area contributed by atoms with E-state index in [1.54, 1.807) is 42.5 Å². The zero-order valence-electron chi connectivity index (χ0n) is 18.9. The first kappa shape index (κ1) is 24.2. The van der Waals surface area contributed by atoms with Gasteiger partial charge in [-0.15, -0.1) is 0 Å². The number of hydrogen-bond donors (Lipinski definition) is 3. The number of carbonyl (C=O) groups excluding carboxylic acids is 1. The molecule has 11 heteroatoms. The Morgan fingerprint density at radius 2 is 1.97 bits per heavy atom. The Balaban J connectivity index is 1.46. The second-order valence-corrected chi connectivity index (χ2v) is 8.31.